The fourth-order valence-electron chi connectivity index (χ4n) is 6.39. The van der Waals surface area contributed by atoms with Crippen LogP contribution in [0.5, 0.6) is 5.75 Å². The second kappa shape index (κ2) is 14.9. The lowest BCUT2D eigenvalue weighted by Gasteiger charge is -2.27. The minimum atomic E-state index is -0.661. The van der Waals surface area contributed by atoms with Crippen molar-refractivity contribution >= 4 is 57.6 Å². The van der Waals surface area contributed by atoms with E-state index in [-0.39, 0.29) is 42.2 Å². The first-order valence-electron chi connectivity index (χ1n) is 17.7. The van der Waals surface area contributed by atoms with E-state index >= 15 is 0 Å². The predicted molar refractivity (Wildman–Crippen MR) is 202 cm³/mol. The number of ether oxygens (including phenoxy) is 2. The van der Waals surface area contributed by atoms with Crippen molar-refractivity contribution < 1.29 is 28.7 Å². The molecule has 2 aromatic carbocycles. The van der Waals surface area contributed by atoms with Gasteiger partial charge in [0, 0.05) is 37.3 Å². The Bertz CT molecular complexity index is 2520. The summed E-state index contributed by atoms with van der Waals surface area (Å²) in [6.45, 7) is 9.56. The molecule has 0 radical (unpaired) electrons. The summed E-state index contributed by atoms with van der Waals surface area (Å²) >= 11 is 0. The Morgan fingerprint density at radius 3 is 1.87 bits per heavy atom. The monoisotopic (exact) mass is 748 g/mol. The second-order valence-corrected chi connectivity index (χ2v) is 13.0. The van der Waals surface area contributed by atoms with Gasteiger partial charge in [0.15, 0.2) is 0 Å². The molecule has 18 heteroatoms. The molecule has 0 unspecified atom stereocenters. The first kappa shape index (κ1) is 36.5. The van der Waals surface area contributed by atoms with E-state index in [1.54, 1.807) is 67.9 Å². The zero-order valence-corrected chi connectivity index (χ0v) is 30.7. The van der Waals surface area contributed by atoms with Crippen LogP contribution in [0.2, 0.25) is 0 Å². The third kappa shape index (κ3) is 7.26. The summed E-state index contributed by atoms with van der Waals surface area (Å²) in [7, 11) is 0. The Balaban J connectivity index is 1.25. The number of aromatic nitrogens is 8. The third-order valence-electron chi connectivity index (χ3n) is 9.09. The number of fused-ring (bicyclic) bond motifs is 2. The van der Waals surface area contributed by atoms with Crippen LogP contribution < -0.4 is 26.8 Å². The molecule has 0 bridgehead atoms. The first-order chi connectivity index (χ1) is 26.4. The van der Waals surface area contributed by atoms with Crippen molar-refractivity contribution in [2.24, 2.45) is 11.5 Å². The Kier molecular flexibility index (Phi) is 9.90. The fourth-order valence-corrected chi connectivity index (χ4v) is 6.39. The van der Waals surface area contributed by atoms with E-state index < -0.39 is 23.6 Å². The number of hydrogen-bond acceptors (Lipinski definition) is 10. The van der Waals surface area contributed by atoms with Crippen molar-refractivity contribution in [3.05, 3.63) is 88.5 Å². The maximum absolute atomic E-state index is 13.6. The number of nitrogens with one attached hydrogen (secondary N) is 2. The van der Waals surface area contributed by atoms with E-state index in [9.17, 15) is 19.2 Å². The number of primary amides is 2. The molecule has 1 saturated heterocycles. The van der Waals surface area contributed by atoms with Crippen LogP contribution in [0, 0.1) is 13.8 Å². The Hall–Kier alpha value is -6.82. The number of imidazole rings is 2. The fraction of sp³-hybridized carbons (Fsp3) is 0.297. The van der Waals surface area contributed by atoms with Gasteiger partial charge < -0.3 is 30.1 Å². The number of rotatable bonds is 14. The zero-order valence-electron chi connectivity index (χ0n) is 30.7. The molecular formula is C37H40N12O6. The number of carbonyl (C=O) groups is 4. The molecule has 6 N–H and O–H groups in total. The molecule has 1 aliphatic heterocycles. The predicted octanol–water partition coefficient (Wildman–Crippen LogP) is 3.17. The van der Waals surface area contributed by atoms with E-state index in [1.807, 2.05) is 32.9 Å². The summed E-state index contributed by atoms with van der Waals surface area (Å²) in [5, 5.41) is 14.6. The summed E-state index contributed by atoms with van der Waals surface area (Å²) in [5.41, 5.74) is 15.8. The van der Waals surface area contributed by atoms with Gasteiger partial charge >= 0.3 is 0 Å². The van der Waals surface area contributed by atoms with Gasteiger partial charge in [-0.3, -0.25) is 39.2 Å². The molecule has 18 nitrogen and oxygen atoms in total. The van der Waals surface area contributed by atoms with Gasteiger partial charge in [0.1, 0.15) is 28.8 Å². The highest BCUT2D eigenvalue weighted by molar-refractivity contribution is 6.05. The number of carbonyl (C=O) groups excluding carboxylic acids is 4. The van der Waals surface area contributed by atoms with Gasteiger partial charge in [0.25, 0.3) is 11.8 Å². The van der Waals surface area contributed by atoms with Gasteiger partial charge in [-0.05, 0) is 70.2 Å². The van der Waals surface area contributed by atoms with Gasteiger partial charge in [-0.1, -0.05) is 12.2 Å². The third-order valence-corrected chi connectivity index (χ3v) is 9.09. The van der Waals surface area contributed by atoms with Crippen molar-refractivity contribution in [2.45, 2.75) is 60.0 Å². The quantitative estimate of drug-likeness (QED) is 0.119. The van der Waals surface area contributed by atoms with Crippen molar-refractivity contribution in [1.82, 2.24) is 38.7 Å². The Morgan fingerprint density at radius 1 is 0.782 bits per heavy atom. The van der Waals surface area contributed by atoms with E-state index in [4.69, 9.17) is 25.9 Å². The summed E-state index contributed by atoms with van der Waals surface area (Å²) < 4.78 is 18.3. The Morgan fingerprint density at radius 2 is 1.33 bits per heavy atom. The maximum atomic E-state index is 13.6. The van der Waals surface area contributed by atoms with Crippen LogP contribution >= 0.6 is 0 Å². The SMILES string of the molecule is CCn1nc(C)cc1C(=O)Nc1nc2cc(C(N)=O)ccc2n1CC=CCn1c(NC(=O)c2cc(C)nn2CC)nc2cc(C(N)=O)cc(OC3COC3)c21. The summed E-state index contributed by atoms with van der Waals surface area (Å²) in [6, 6.07) is 11.4. The highest BCUT2D eigenvalue weighted by Gasteiger charge is 2.26. The first-order valence-corrected chi connectivity index (χ1v) is 17.7. The lowest BCUT2D eigenvalue weighted by molar-refractivity contribution is -0.0792. The van der Waals surface area contributed by atoms with Gasteiger partial charge in [-0.15, -0.1) is 0 Å². The minimum absolute atomic E-state index is 0.193. The van der Waals surface area contributed by atoms with Crippen molar-refractivity contribution in [3.63, 3.8) is 0 Å². The van der Waals surface area contributed by atoms with E-state index in [0.717, 1.165) is 0 Å². The van der Waals surface area contributed by atoms with Crippen LogP contribution in [-0.4, -0.2) is 81.6 Å². The molecule has 0 atom stereocenters. The maximum Gasteiger partial charge on any atom is 0.276 e. The van der Waals surface area contributed by atoms with Crippen LogP contribution in [0.4, 0.5) is 11.9 Å². The van der Waals surface area contributed by atoms with Gasteiger partial charge in [-0.25, -0.2) is 9.97 Å². The number of benzene rings is 2. The summed E-state index contributed by atoms with van der Waals surface area (Å²) in [4.78, 5) is 60.8. The number of hydrogen-bond donors (Lipinski definition) is 4. The molecule has 55 heavy (non-hydrogen) atoms. The Labute approximate surface area is 314 Å². The summed E-state index contributed by atoms with van der Waals surface area (Å²) in [6.07, 6.45) is 3.48. The van der Waals surface area contributed by atoms with E-state index in [1.165, 1.54) is 0 Å². The standard InChI is InChI=1S/C37H40N12O6/c1-5-48-28(13-20(3)44-48)34(52)42-36-40-25-15-22(32(38)50)9-10-27(25)46(36)11-7-8-12-47-31-26(16-23(33(39)51)17-30(31)55-24-18-54-19-24)41-37(47)43-35(53)29-14-21(4)45-49(29)6-2/h7-10,13-17,24H,5-6,11-12,18-19H2,1-4H3,(H2,38,50)(H2,39,51)(H,40,42,52)(H,41,43,53). The molecule has 7 rings (SSSR count). The van der Waals surface area contributed by atoms with Crippen LogP contribution in [0.15, 0.2) is 54.6 Å². The highest BCUT2D eigenvalue weighted by Crippen LogP contribution is 2.33. The smallest absolute Gasteiger partial charge is 0.276 e. The molecule has 0 spiro atoms. The normalized spacial score (nSPS) is 13.1. The van der Waals surface area contributed by atoms with Crippen LogP contribution in [-0.2, 0) is 30.9 Å². The molecule has 5 heterocycles. The largest absolute Gasteiger partial charge is 0.483 e. The van der Waals surface area contributed by atoms with Crippen LogP contribution in [0.3, 0.4) is 0 Å². The lowest BCUT2D eigenvalue weighted by atomic mass is 10.1. The number of nitrogens with zero attached hydrogens (tertiary/aromatic N) is 8. The lowest BCUT2D eigenvalue weighted by Crippen LogP contribution is -2.38. The average molecular weight is 749 g/mol. The number of amides is 4. The number of aryl methyl sites for hydroxylation is 4. The summed E-state index contributed by atoms with van der Waals surface area (Å²) in [5.74, 6) is -1.29. The van der Waals surface area contributed by atoms with Gasteiger partial charge in [-0.2, -0.15) is 10.2 Å². The second-order valence-electron chi connectivity index (χ2n) is 13.0. The molecule has 1 aliphatic rings. The van der Waals surface area contributed by atoms with Crippen LogP contribution in [0.25, 0.3) is 22.1 Å². The molecule has 1 fully saturated rings. The van der Waals surface area contributed by atoms with Crippen molar-refractivity contribution in [1.29, 1.82) is 0 Å². The van der Waals surface area contributed by atoms with Gasteiger partial charge in [0.2, 0.25) is 23.7 Å². The number of allylic oxidation sites excluding steroid dienone is 2. The van der Waals surface area contributed by atoms with Gasteiger partial charge in [0.05, 0.1) is 41.2 Å². The number of anilines is 2. The zero-order chi connectivity index (χ0) is 39.0. The molecule has 0 saturated carbocycles. The molecule has 4 amide bonds. The van der Waals surface area contributed by atoms with E-state index in [0.29, 0.717) is 76.9 Å². The highest BCUT2D eigenvalue weighted by atomic mass is 16.6. The molecule has 0 aliphatic carbocycles. The molecule has 284 valence electrons. The number of nitrogens with two attached hydrogens (primary N) is 2. The van der Waals surface area contributed by atoms with Crippen molar-refractivity contribution in [3.8, 4) is 5.75 Å². The van der Waals surface area contributed by atoms with E-state index in [2.05, 4.69) is 25.8 Å². The topological polar surface area (TPSA) is 234 Å². The minimum Gasteiger partial charge on any atom is -0.483 e. The molecule has 4 aromatic heterocycles. The molecular weight excluding hydrogens is 708 g/mol. The molecule has 6 aromatic rings. The van der Waals surface area contributed by atoms with Crippen LogP contribution in [0.1, 0.15) is 66.9 Å². The van der Waals surface area contributed by atoms with Crippen molar-refractivity contribution in [2.75, 3.05) is 23.8 Å². The average Bonchev–Trinajstić information content (AvgIpc) is 3.90.